The van der Waals surface area contributed by atoms with E-state index in [1.54, 1.807) is 0 Å². The second-order valence-electron chi connectivity index (χ2n) is 5.27. The number of aromatic nitrogens is 1. The topological polar surface area (TPSA) is 38.9 Å². The Morgan fingerprint density at radius 3 is 2.80 bits per heavy atom. The van der Waals surface area contributed by atoms with E-state index in [0.717, 1.165) is 41.1 Å². The van der Waals surface area contributed by atoms with Crippen LogP contribution >= 0.6 is 11.3 Å². The summed E-state index contributed by atoms with van der Waals surface area (Å²) in [7, 11) is 0. The predicted octanol–water partition coefficient (Wildman–Crippen LogP) is 4.16. The van der Waals surface area contributed by atoms with Crippen LogP contribution in [0.15, 0.2) is 18.2 Å². The number of thiazole rings is 1. The monoisotopic (exact) mass is 300 g/mol. The maximum Gasteiger partial charge on any atom is 0.416 e. The SMILES string of the molecule is NCC1CCCC1c1nc2cc(C(F)(F)F)ccc2s1. The van der Waals surface area contributed by atoms with Gasteiger partial charge in [0.1, 0.15) is 0 Å². The third kappa shape index (κ3) is 2.42. The average molecular weight is 300 g/mol. The molecular weight excluding hydrogens is 285 g/mol. The first kappa shape index (κ1) is 13.8. The van der Waals surface area contributed by atoms with Gasteiger partial charge < -0.3 is 5.73 Å². The molecule has 1 heterocycles. The van der Waals surface area contributed by atoms with E-state index in [9.17, 15) is 13.2 Å². The van der Waals surface area contributed by atoms with Gasteiger partial charge in [-0.05, 0) is 43.5 Å². The molecule has 0 bridgehead atoms. The molecule has 2 atom stereocenters. The van der Waals surface area contributed by atoms with Crippen LogP contribution in [0, 0.1) is 5.92 Å². The van der Waals surface area contributed by atoms with Crippen LogP contribution in [-0.4, -0.2) is 11.5 Å². The van der Waals surface area contributed by atoms with Crippen LogP contribution in [0.2, 0.25) is 0 Å². The highest BCUT2D eigenvalue weighted by atomic mass is 32.1. The molecule has 108 valence electrons. The number of hydrogen-bond acceptors (Lipinski definition) is 3. The van der Waals surface area contributed by atoms with E-state index in [2.05, 4.69) is 4.98 Å². The standard InChI is InChI=1S/C14H15F3N2S/c15-14(16,17)9-4-5-12-11(6-9)19-13(20-12)10-3-1-2-8(10)7-18/h4-6,8,10H,1-3,7,18H2. The van der Waals surface area contributed by atoms with Gasteiger partial charge >= 0.3 is 6.18 Å². The molecule has 20 heavy (non-hydrogen) atoms. The van der Waals surface area contributed by atoms with Crippen LogP contribution in [0.3, 0.4) is 0 Å². The Morgan fingerprint density at radius 2 is 2.10 bits per heavy atom. The van der Waals surface area contributed by atoms with E-state index in [1.807, 2.05) is 0 Å². The summed E-state index contributed by atoms with van der Waals surface area (Å²) in [6.07, 6.45) is -1.07. The van der Waals surface area contributed by atoms with E-state index in [1.165, 1.54) is 17.4 Å². The quantitative estimate of drug-likeness (QED) is 0.904. The summed E-state index contributed by atoms with van der Waals surface area (Å²) in [6.45, 7) is 0.619. The summed E-state index contributed by atoms with van der Waals surface area (Å²) in [5.74, 6) is 0.726. The zero-order chi connectivity index (χ0) is 14.3. The molecule has 2 N–H and O–H groups in total. The van der Waals surface area contributed by atoms with Crippen molar-refractivity contribution in [2.24, 2.45) is 11.7 Å². The lowest BCUT2D eigenvalue weighted by atomic mass is 9.97. The highest BCUT2D eigenvalue weighted by Crippen LogP contribution is 2.42. The van der Waals surface area contributed by atoms with E-state index in [0.29, 0.717) is 23.9 Å². The zero-order valence-corrected chi connectivity index (χ0v) is 11.6. The molecule has 2 aromatic rings. The second kappa shape index (κ2) is 5.00. The number of halogens is 3. The third-order valence-corrected chi connectivity index (χ3v) is 5.18. The first-order valence-electron chi connectivity index (χ1n) is 6.67. The fourth-order valence-corrected chi connectivity index (χ4v) is 4.10. The summed E-state index contributed by atoms with van der Waals surface area (Å²) in [4.78, 5) is 4.43. The molecule has 1 aromatic heterocycles. The van der Waals surface area contributed by atoms with E-state index >= 15 is 0 Å². The molecule has 0 amide bonds. The smallest absolute Gasteiger partial charge is 0.330 e. The van der Waals surface area contributed by atoms with Crippen molar-refractivity contribution in [3.05, 3.63) is 28.8 Å². The number of rotatable bonds is 2. The molecule has 0 saturated heterocycles. The van der Waals surface area contributed by atoms with Crippen LogP contribution in [-0.2, 0) is 6.18 Å². The van der Waals surface area contributed by atoms with Crippen molar-refractivity contribution in [1.29, 1.82) is 0 Å². The first-order valence-corrected chi connectivity index (χ1v) is 7.48. The minimum absolute atomic E-state index is 0.312. The van der Waals surface area contributed by atoms with Gasteiger partial charge in [0, 0.05) is 5.92 Å². The molecular formula is C14H15F3N2S. The highest BCUT2D eigenvalue weighted by molar-refractivity contribution is 7.18. The van der Waals surface area contributed by atoms with Crippen LogP contribution in [0.25, 0.3) is 10.2 Å². The normalized spacial score (nSPS) is 23.6. The van der Waals surface area contributed by atoms with Gasteiger partial charge in [-0.25, -0.2) is 4.98 Å². The summed E-state index contributed by atoms with van der Waals surface area (Å²) in [5, 5.41) is 0.937. The van der Waals surface area contributed by atoms with Crippen molar-refractivity contribution in [3.63, 3.8) is 0 Å². The number of fused-ring (bicyclic) bond motifs is 1. The summed E-state index contributed by atoms with van der Waals surface area (Å²) in [6, 6.07) is 3.78. The van der Waals surface area contributed by atoms with E-state index in [-0.39, 0.29) is 0 Å². The van der Waals surface area contributed by atoms with Gasteiger partial charge in [0.05, 0.1) is 20.8 Å². The summed E-state index contributed by atoms with van der Waals surface area (Å²) < 4.78 is 38.9. The van der Waals surface area contributed by atoms with Crippen molar-refractivity contribution < 1.29 is 13.2 Å². The minimum Gasteiger partial charge on any atom is -0.330 e. The van der Waals surface area contributed by atoms with E-state index in [4.69, 9.17) is 5.73 Å². The predicted molar refractivity (Wildman–Crippen MR) is 73.8 cm³/mol. The number of benzene rings is 1. The number of nitrogens with two attached hydrogens (primary N) is 1. The van der Waals surface area contributed by atoms with Crippen molar-refractivity contribution >= 4 is 21.6 Å². The Balaban J connectivity index is 1.98. The summed E-state index contributed by atoms with van der Waals surface area (Å²) in [5.41, 5.74) is 5.58. The lowest BCUT2D eigenvalue weighted by Gasteiger charge is -2.14. The molecule has 0 aliphatic heterocycles. The Bertz CT molecular complexity index is 620. The van der Waals surface area contributed by atoms with Crippen molar-refractivity contribution in [2.75, 3.05) is 6.54 Å². The fourth-order valence-electron chi connectivity index (χ4n) is 2.92. The maximum absolute atomic E-state index is 12.7. The van der Waals surface area contributed by atoms with Crippen LogP contribution in [0.5, 0.6) is 0 Å². The number of alkyl halides is 3. The Hall–Kier alpha value is -1.14. The molecule has 1 aliphatic rings. The molecule has 1 aromatic carbocycles. The first-order chi connectivity index (χ1) is 9.49. The fraction of sp³-hybridized carbons (Fsp3) is 0.500. The van der Waals surface area contributed by atoms with Crippen molar-refractivity contribution in [2.45, 2.75) is 31.4 Å². The van der Waals surface area contributed by atoms with Crippen LogP contribution < -0.4 is 5.73 Å². The summed E-state index contributed by atoms with van der Waals surface area (Å²) >= 11 is 1.50. The molecule has 2 unspecified atom stereocenters. The van der Waals surface area contributed by atoms with Gasteiger partial charge in [-0.2, -0.15) is 13.2 Å². The van der Waals surface area contributed by atoms with Gasteiger partial charge in [-0.15, -0.1) is 11.3 Å². The number of nitrogens with zero attached hydrogens (tertiary/aromatic N) is 1. The average Bonchev–Trinajstić information content (AvgIpc) is 3.02. The van der Waals surface area contributed by atoms with Crippen molar-refractivity contribution in [1.82, 2.24) is 4.98 Å². The van der Waals surface area contributed by atoms with Gasteiger partial charge in [-0.3, -0.25) is 0 Å². The molecule has 2 nitrogen and oxygen atoms in total. The van der Waals surface area contributed by atoms with Crippen LogP contribution in [0.1, 0.15) is 35.8 Å². The highest BCUT2D eigenvalue weighted by Gasteiger charge is 2.32. The molecule has 1 fully saturated rings. The minimum atomic E-state index is -4.31. The van der Waals surface area contributed by atoms with Gasteiger partial charge in [0.2, 0.25) is 0 Å². The second-order valence-corrected chi connectivity index (χ2v) is 6.33. The zero-order valence-electron chi connectivity index (χ0n) is 10.8. The Kier molecular flexibility index (Phi) is 3.46. The van der Waals surface area contributed by atoms with Gasteiger partial charge in [0.15, 0.2) is 0 Å². The molecule has 6 heteroatoms. The van der Waals surface area contributed by atoms with Crippen molar-refractivity contribution in [3.8, 4) is 0 Å². The number of hydrogen-bond donors (Lipinski definition) is 1. The Labute approximate surface area is 118 Å². The molecule has 0 radical (unpaired) electrons. The van der Waals surface area contributed by atoms with E-state index < -0.39 is 11.7 Å². The molecule has 1 aliphatic carbocycles. The van der Waals surface area contributed by atoms with Gasteiger partial charge in [-0.1, -0.05) is 6.42 Å². The molecule has 3 rings (SSSR count). The Morgan fingerprint density at radius 1 is 1.30 bits per heavy atom. The third-order valence-electron chi connectivity index (χ3n) is 4.01. The lowest BCUT2D eigenvalue weighted by molar-refractivity contribution is -0.137. The molecule has 1 saturated carbocycles. The van der Waals surface area contributed by atoms with Gasteiger partial charge in [0.25, 0.3) is 0 Å². The maximum atomic E-state index is 12.7. The molecule has 0 spiro atoms. The van der Waals surface area contributed by atoms with Crippen LogP contribution in [0.4, 0.5) is 13.2 Å². The lowest BCUT2D eigenvalue weighted by Crippen LogP contribution is -2.16. The largest absolute Gasteiger partial charge is 0.416 e.